The zero-order valence-corrected chi connectivity index (χ0v) is 21.5. The van der Waals surface area contributed by atoms with Crippen LogP contribution >= 0.6 is 11.8 Å². The summed E-state index contributed by atoms with van der Waals surface area (Å²) in [6.45, 7) is 0. The lowest BCUT2D eigenvalue weighted by Gasteiger charge is -2.33. The van der Waals surface area contributed by atoms with Crippen molar-refractivity contribution in [3.8, 4) is 0 Å². The maximum atomic E-state index is 14.1. The van der Waals surface area contributed by atoms with Gasteiger partial charge in [-0.15, -0.1) is 0 Å². The molecule has 3 aliphatic rings. The summed E-state index contributed by atoms with van der Waals surface area (Å²) in [5, 5.41) is 3.28. The number of halogens is 1. The van der Waals surface area contributed by atoms with E-state index in [4.69, 9.17) is 5.73 Å². The van der Waals surface area contributed by atoms with E-state index in [0.717, 1.165) is 56.2 Å². The summed E-state index contributed by atoms with van der Waals surface area (Å²) in [4.78, 5) is 44.1. The maximum Gasteiger partial charge on any atom is 0.333 e. The Balaban J connectivity index is 1.35. The van der Waals surface area contributed by atoms with Gasteiger partial charge in [-0.1, -0.05) is 19.3 Å². The standard InChI is InChI=1S/C26H36FN5O3S/c27-17-14-21-23(29-15-17)31(20-10-12-36-13-11-20)26(35)32(25(21)34)19-8-6-18(7-9-19)30-24(33)22(28)16-4-2-1-3-5-16/h14-16,18-20,22H,1-13,28H2,(H,30,33)/t18?,19?,22-/m0/s1. The number of nitrogens with one attached hydrogen (secondary N) is 1. The van der Waals surface area contributed by atoms with Crippen molar-refractivity contribution >= 4 is 28.7 Å². The average molecular weight is 518 g/mol. The van der Waals surface area contributed by atoms with Crippen LogP contribution in [0.4, 0.5) is 4.39 Å². The predicted octanol–water partition coefficient (Wildman–Crippen LogP) is 3.27. The Morgan fingerprint density at radius 1 is 1.00 bits per heavy atom. The Labute approximate surface area is 214 Å². The Hall–Kier alpha value is -2.20. The summed E-state index contributed by atoms with van der Waals surface area (Å²) in [5.74, 6) is 1.44. The van der Waals surface area contributed by atoms with Gasteiger partial charge >= 0.3 is 5.69 Å². The highest BCUT2D eigenvalue weighted by Gasteiger charge is 2.32. The number of hydrogen-bond acceptors (Lipinski definition) is 6. The van der Waals surface area contributed by atoms with Gasteiger partial charge in [0.1, 0.15) is 11.5 Å². The summed E-state index contributed by atoms with van der Waals surface area (Å²) in [6, 6.07) is 0.364. The Bertz CT molecular complexity index is 1210. The van der Waals surface area contributed by atoms with Crippen LogP contribution in [-0.2, 0) is 4.79 Å². The van der Waals surface area contributed by atoms with Gasteiger partial charge in [-0.25, -0.2) is 14.2 Å². The number of carbonyl (C=O) groups excluding carboxylic acids is 1. The van der Waals surface area contributed by atoms with Crippen LogP contribution in [0.5, 0.6) is 0 Å². The van der Waals surface area contributed by atoms with Crippen LogP contribution in [0.25, 0.3) is 11.0 Å². The highest BCUT2D eigenvalue weighted by atomic mass is 32.2. The molecular weight excluding hydrogens is 481 g/mol. The topological polar surface area (TPSA) is 112 Å². The van der Waals surface area contributed by atoms with Crippen LogP contribution in [0.1, 0.15) is 82.7 Å². The normalized spacial score (nSPS) is 25.1. The largest absolute Gasteiger partial charge is 0.352 e. The van der Waals surface area contributed by atoms with Crippen LogP contribution in [0, 0.1) is 11.7 Å². The Kier molecular flexibility index (Phi) is 7.81. The SMILES string of the molecule is N[C@H](C(=O)NC1CCC(n2c(=O)c3cc(F)cnc3n(C3CCSCC3)c2=O)CC1)C1CCCCC1. The molecule has 5 rings (SSSR count). The van der Waals surface area contributed by atoms with Crippen LogP contribution in [0.3, 0.4) is 0 Å². The minimum absolute atomic E-state index is 0.0174. The second kappa shape index (κ2) is 11.0. The Morgan fingerprint density at radius 3 is 2.36 bits per heavy atom. The fourth-order valence-electron chi connectivity index (χ4n) is 6.28. The number of nitrogens with two attached hydrogens (primary N) is 1. The van der Waals surface area contributed by atoms with Crippen molar-refractivity contribution in [3.63, 3.8) is 0 Å². The fraction of sp³-hybridized carbons (Fsp3) is 0.692. The number of fused-ring (bicyclic) bond motifs is 1. The van der Waals surface area contributed by atoms with Crippen LogP contribution in [0.15, 0.2) is 21.9 Å². The van der Waals surface area contributed by atoms with Gasteiger partial charge in [-0.05, 0) is 74.9 Å². The van der Waals surface area contributed by atoms with E-state index in [0.29, 0.717) is 25.7 Å². The van der Waals surface area contributed by atoms with E-state index in [1.807, 2.05) is 11.8 Å². The molecule has 1 amide bonds. The lowest BCUT2D eigenvalue weighted by atomic mass is 9.83. The number of nitrogens with zero attached hydrogens (tertiary/aromatic N) is 3. The first kappa shape index (κ1) is 25.4. The second-order valence-corrected chi connectivity index (χ2v) is 11.9. The molecule has 3 fully saturated rings. The summed E-state index contributed by atoms with van der Waals surface area (Å²) in [5.41, 5.74) is 5.73. The number of thioether (sulfide) groups is 1. The van der Waals surface area contributed by atoms with Crippen molar-refractivity contribution in [3.05, 3.63) is 38.9 Å². The first-order valence-corrected chi connectivity index (χ1v) is 14.6. The van der Waals surface area contributed by atoms with E-state index >= 15 is 0 Å². The number of amides is 1. The molecule has 0 radical (unpaired) electrons. The molecule has 1 aliphatic heterocycles. The summed E-state index contributed by atoms with van der Waals surface area (Å²) in [7, 11) is 0. The molecule has 10 heteroatoms. The van der Waals surface area contributed by atoms with Gasteiger partial charge in [-0.3, -0.25) is 18.7 Å². The average Bonchev–Trinajstić information content (AvgIpc) is 2.91. The molecule has 2 aromatic heterocycles. The van der Waals surface area contributed by atoms with Crippen molar-refractivity contribution < 1.29 is 9.18 Å². The van der Waals surface area contributed by atoms with Gasteiger partial charge in [-0.2, -0.15) is 11.8 Å². The van der Waals surface area contributed by atoms with E-state index in [-0.39, 0.29) is 46.7 Å². The zero-order chi connectivity index (χ0) is 25.2. The predicted molar refractivity (Wildman–Crippen MR) is 140 cm³/mol. The van der Waals surface area contributed by atoms with Crippen molar-refractivity contribution in [2.75, 3.05) is 11.5 Å². The maximum absolute atomic E-state index is 14.1. The van der Waals surface area contributed by atoms with Gasteiger partial charge in [0.25, 0.3) is 5.56 Å². The molecule has 3 N–H and O–H groups in total. The third kappa shape index (κ3) is 5.11. The van der Waals surface area contributed by atoms with Crippen LogP contribution in [-0.4, -0.2) is 43.6 Å². The minimum Gasteiger partial charge on any atom is -0.352 e. The molecule has 36 heavy (non-hydrogen) atoms. The van der Waals surface area contributed by atoms with Crippen molar-refractivity contribution in [2.45, 2.75) is 94.8 Å². The third-order valence-corrected chi connectivity index (χ3v) is 9.40. The van der Waals surface area contributed by atoms with Crippen LogP contribution in [0.2, 0.25) is 0 Å². The molecule has 0 spiro atoms. The first-order valence-electron chi connectivity index (χ1n) is 13.4. The molecular formula is C26H36FN5O3S. The molecule has 0 aromatic carbocycles. The molecule has 0 bridgehead atoms. The number of rotatable bonds is 5. The van der Waals surface area contributed by atoms with Crippen molar-refractivity contribution in [2.24, 2.45) is 11.7 Å². The minimum atomic E-state index is -0.587. The Morgan fingerprint density at radius 2 is 1.67 bits per heavy atom. The monoisotopic (exact) mass is 517 g/mol. The number of pyridine rings is 1. The highest BCUT2D eigenvalue weighted by Crippen LogP contribution is 2.31. The van der Waals surface area contributed by atoms with Gasteiger partial charge in [0.15, 0.2) is 0 Å². The number of aromatic nitrogens is 3. The molecule has 2 saturated carbocycles. The first-order chi connectivity index (χ1) is 17.4. The van der Waals surface area contributed by atoms with E-state index in [2.05, 4.69) is 10.3 Å². The van der Waals surface area contributed by atoms with Crippen LogP contribution < -0.4 is 22.3 Å². The fourth-order valence-corrected chi connectivity index (χ4v) is 7.36. The molecule has 0 unspecified atom stereocenters. The van der Waals surface area contributed by atoms with Gasteiger partial charge in [0.05, 0.1) is 17.6 Å². The van der Waals surface area contributed by atoms with E-state index in [1.165, 1.54) is 17.1 Å². The third-order valence-electron chi connectivity index (χ3n) is 8.35. The molecule has 2 aliphatic carbocycles. The quantitative estimate of drug-likeness (QED) is 0.630. The number of hydrogen-bond donors (Lipinski definition) is 2. The van der Waals surface area contributed by atoms with Crippen molar-refractivity contribution in [1.82, 2.24) is 19.4 Å². The molecule has 196 valence electrons. The summed E-state index contributed by atoms with van der Waals surface area (Å²) < 4.78 is 17.0. The van der Waals surface area contributed by atoms with Gasteiger partial charge in [0.2, 0.25) is 5.91 Å². The summed E-state index contributed by atoms with van der Waals surface area (Å²) >= 11 is 1.85. The molecule has 3 heterocycles. The molecule has 1 atom stereocenters. The van der Waals surface area contributed by atoms with Gasteiger partial charge in [0, 0.05) is 18.1 Å². The zero-order valence-electron chi connectivity index (χ0n) is 20.7. The second-order valence-electron chi connectivity index (χ2n) is 10.6. The molecule has 2 aromatic rings. The van der Waals surface area contributed by atoms with E-state index < -0.39 is 17.4 Å². The van der Waals surface area contributed by atoms with Gasteiger partial charge < -0.3 is 11.1 Å². The molecule has 1 saturated heterocycles. The number of carbonyl (C=O) groups is 1. The smallest absolute Gasteiger partial charge is 0.333 e. The summed E-state index contributed by atoms with van der Waals surface area (Å²) in [6.07, 6.45) is 10.7. The molecule has 8 nitrogen and oxygen atoms in total. The highest BCUT2D eigenvalue weighted by molar-refractivity contribution is 7.99. The van der Waals surface area contributed by atoms with Crippen molar-refractivity contribution in [1.29, 1.82) is 0 Å². The lowest BCUT2D eigenvalue weighted by Crippen LogP contribution is -2.51. The van der Waals surface area contributed by atoms with E-state index in [9.17, 15) is 18.8 Å². The lowest BCUT2D eigenvalue weighted by molar-refractivity contribution is -0.124. The van der Waals surface area contributed by atoms with E-state index in [1.54, 1.807) is 4.57 Å².